The predicted molar refractivity (Wildman–Crippen MR) is 68.9 cm³/mol. The van der Waals surface area contributed by atoms with Crippen molar-refractivity contribution in [3.63, 3.8) is 0 Å². The fraction of sp³-hybridized carbons (Fsp3) is 0.154. The van der Waals surface area contributed by atoms with E-state index in [0.717, 1.165) is 41.2 Å². The normalized spacial score (nSPS) is 13.6. The zero-order valence-corrected chi connectivity index (χ0v) is 9.67. The molecule has 3 heterocycles. The van der Waals surface area contributed by atoms with Crippen LogP contribution in [0.25, 0.3) is 16.7 Å². The number of aromatic nitrogens is 4. The molecule has 0 unspecified atom stereocenters. The second-order valence-electron chi connectivity index (χ2n) is 4.29. The van der Waals surface area contributed by atoms with E-state index in [9.17, 15) is 0 Å². The van der Waals surface area contributed by atoms with Crippen LogP contribution in [0.2, 0.25) is 0 Å². The molecule has 2 aromatic heterocycles. The molecule has 88 valence electrons. The molecule has 18 heavy (non-hydrogen) atoms. The zero-order valence-electron chi connectivity index (χ0n) is 9.67. The predicted octanol–water partition coefficient (Wildman–Crippen LogP) is 1.78. The SMILES string of the molecule is c1ccc(-n2nc3c4c(ncnc42)NCC3)cc1. The Morgan fingerprint density at radius 2 is 2.00 bits per heavy atom. The minimum Gasteiger partial charge on any atom is -0.369 e. The van der Waals surface area contributed by atoms with Crippen molar-refractivity contribution in [3.05, 3.63) is 42.4 Å². The largest absolute Gasteiger partial charge is 0.369 e. The highest BCUT2D eigenvalue weighted by Crippen LogP contribution is 2.28. The van der Waals surface area contributed by atoms with Gasteiger partial charge < -0.3 is 5.32 Å². The molecule has 4 rings (SSSR count). The van der Waals surface area contributed by atoms with Crippen LogP contribution in [0, 0.1) is 0 Å². The minimum atomic E-state index is 0.869. The van der Waals surface area contributed by atoms with Crippen LogP contribution in [0.1, 0.15) is 5.69 Å². The Labute approximate surface area is 103 Å². The second-order valence-corrected chi connectivity index (χ2v) is 4.29. The topological polar surface area (TPSA) is 55.6 Å². The number of rotatable bonds is 1. The molecule has 0 saturated carbocycles. The van der Waals surface area contributed by atoms with Crippen LogP contribution < -0.4 is 5.32 Å². The van der Waals surface area contributed by atoms with E-state index in [-0.39, 0.29) is 0 Å². The molecule has 0 aliphatic carbocycles. The third-order valence-electron chi connectivity index (χ3n) is 3.19. The van der Waals surface area contributed by atoms with Gasteiger partial charge in [-0.05, 0) is 12.1 Å². The van der Waals surface area contributed by atoms with Gasteiger partial charge in [0.15, 0.2) is 5.65 Å². The van der Waals surface area contributed by atoms with E-state index >= 15 is 0 Å². The highest BCUT2D eigenvalue weighted by Gasteiger charge is 2.20. The van der Waals surface area contributed by atoms with Gasteiger partial charge >= 0.3 is 0 Å². The van der Waals surface area contributed by atoms with E-state index in [1.54, 1.807) is 6.33 Å². The van der Waals surface area contributed by atoms with Gasteiger partial charge in [-0.15, -0.1) is 0 Å². The molecule has 1 N–H and O–H groups in total. The second kappa shape index (κ2) is 3.53. The van der Waals surface area contributed by atoms with E-state index < -0.39 is 0 Å². The standard InChI is InChI=1S/C13H11N5/c1-2-4-9(5-3-1)18-13-11-10(17-18)6-7-14-12(11)15-8-16-13/h1-5,8H,6-7H2,(H,14,15,16). The Hall–Kier alpha value is -2.43. The summed E-state index contributed by atoms with van der Waals surface area (Å²) in [6.45, 7) is 0.880. The lowest BCUT2D eigenvalue weighted by molar-refractivity contribution is 0.840. The summed E-state index contributed by atoms with van der Waals surface area (Å²) >= 11 is 0. The van der Waals surface area contributed by atoms with Crippen molar-refractivity contribution in [3.8, 4) is 5.69 Å². The Kier molecular flexibility index (Phi) is 1.88. The maximum Gasteiger partial charge on any atom is 0.168 e. The van der Waals surface area contributed by atoms with Gasteiger partial charge in [0, 0.05) is 13.0 Å². The van der Waals surface area contributed by atoms with Gasteiger partial charge in [-0.25, -0.2) is 14.6 Å². The van der Waals surface area contributed by atoms with E-state index in [1.165, 1.54) is 0 Å². The summed E-state index contributed by atoms with van der Waals surface area (Å²) < 4.78 is 1.89. The van der Waals surface area contributed by atoms with Gasteiger partial charge in [-0.3, -0.25) is 0 Å². The summed E-state index contributed by atoms with van der Waals surface area (Å²) in [5.74, 6) is 0.892. The van der Waals surface area contributed by atoms with E-state index in [2.05, 4.69) is 20.4 Å². The molecule has 0 radical (unpaired) electrons. The molecule has 3 aromatic rings. The number of hydrogen-bond donors (Lipinski definition) is 1. The highest BCUT2D eigenvalue weighted by molar-refractivity contribution is 5.91. The monoisotopic (exact) mass is 237 g/mol. The van der Waals surface area contributed by atoms with Gasteiger partial charge in [-0.2, -0.15) is 5.10 Å². The number of nitrogens with one attached hydrogen (secondary N) is 1. The Morgan fingerprint density at radius 1 is 1.11 bits per heavy atom. The van der Waals surface area contributed by atoms with Gasteiger partial charge in [0.2, 0.25) is 0 Å². The summed E-state index contributed by atoms with van der Waals surface area (Å²) in [6.07, 6.45) is 2.50. The lowest BCUT2D eigenvalue weighted by Gasteiger charge is -2.10. The number of nitrogens with zero attached hydrogens (tertiary/aromatic N) is 4. The molecule has 5 heteroatoms. The highest BCUT2D eigenvalue weighted by atomic mass is 15.3. The van der Waals surface area contributed by atoms with Crippen LogP contribution in [0.3, 0.4) is 0 Å². The fourth-order valence-electron chi connectivity index (χ4n) is 2.38. The lowest BCUT2D eigenvalue weighted by atomic mass is 10.2. The average Bonchev–Trinajstić information content (AvgIpc) is 2.82. The first kappa shape index (κ1) is 9.58. The van der Waals surface area contributed by atoms with E-state index in [0.29, 0.717) is 0 Å². The molecular weight excluding hydrogens is 226 g/mol. The van der Waals surface area contributed by atoms with Gasteiger partial charge in [0.05, 0.1) is 16.8 Å². The molecule has 1 aliphatic heterocycles. The smallest absolute Gasteiger partial charge is 0.168 e. The number of para-hydroxylation sites is 1. The van der Waals surface area contributed by atoms with Crippen molar-refractivity contribution in [2.45, 2.75) is 6.42 Å². The van der Waals surface area contributed by atoms with Crippen LogP contribution in [-0.2, 0) is 6.42 Å². The Morgan fingerprint density at radius 3 is 2.89 bits per heavy atom. The van der Waals surface area contributed by atoms with Crippen LogP contribution in [0.4, 0.5) is 5.82 Å². The number of anilines is 1. The Bertz CT molecular complexity index is 717. The maximum absolute atomic E-state index is 4.66. The first-order valence-electron chi connectivity index (χ1n) is 5.95. The molecular formula is C13H11N5. The molecule has 0 amide bonds. The average molecular weight is 237 g/mol. The van der Waals surface area contributed by atoms with Crippen molar-refractivity contribution >= 4 is 16.9 Å². The summed E-state index contributed by atoms with van der Waals surface area (Å²) in [7, 11) is 0. The van der Waals surface area contributed by atoms with Crippen molar-refractivity contribution in [1.29, 1.82) is 0 Å². The maximum atomic E-state index is 4.66. The summed E-state index contributed by atoms with van der Waals surface area (Å²) in [4.78, 5) is 8.64. The van der Waals surface area contributed by atoms with Crippen LogP contribution in [0.15, 0.2) is 36.7 Å². The number of benzene rings is 1. The van der Waals surface area contributed by atoms with Crippen LogP contribution >= 0.6 is 0 Å². The molecule has 1 aliphatic rings. The van der Waals surface area contributed by atoms with Crippen LogP contribution in [0.5, 0.6) is 0 Å². The van der Waals surface area contributed by atoms with E-state index in [4.69, 9.17) is 0 Å². The van der Waals surface area contributed by atoms with Crippen molar-refractivity contribution < 1.29 is 0 Å². The molecule has 0 saturated heterocycles. The van der Waals surface area contributed by atoms with Gasteiger partial charge in [-0.1, -0.05) is 18.2 Å². The summed E-state index contributed by atoms with van der Waals surface area (Å²) in [5.41, 5.74) is 2.97. The van der Waals surface area contributed by atoms with Crippen molar-refractivity contribution in [2.24, 2.45) is 0 Å². The molecule has 0 fully saturated rings. The summed E-state index contributed by atoms with van der Waals surface area (Å²) in [5, 5.41) is 9.00. The zero-order chi connectivity index (χ0) is 11.9. The Balaban J connectivity index is 2.07. The first-order valence-corrected chi connectivity index (χ1v) is 5.95. The van der Waals surface area contributed by atoms with Gasteiger partial charge in [0.25, 0.3) is 0 Å². The van der Waals surface area contributed by atoms with E-state index in [1.807, 2.05) is 35.0 Å². The molecule has 0 atom stereocenters. The summed E-state index contributed by atoms with van der Waals surface area (Å²) in [6, 6.07) is 10.1. The fourth-order valence-corrected chi connectivity index (χ4v) is 2.38. The molecule has 0 spiro atoms. The third kappa shape index (κ3) is 1.24. The minimum absolute atomic E-state index is 0.869. The quantitative estimate of drug-likeness (QED) is 0.701. The molecule has 5 nitrogen and oxygen atoms in total. The third-order valence-corrected chi connectivity index (χ3v) is 3.19. The van der Waals surface area contributed by atoms with Crippen molar-refractivity contribution in [2.75, 3.05) is 11.9 Å². The molecule has 1 aromatic carbocycles. The lowest BCUT2D eigenvalue weighted by Crippen LogP contribution is -2.12. The number of hydrogen-bond acceptors (Lipinski definition) is 4. The van der Waals surface area contributed by atoms with Gasteiger partial charge in [0.1, 0.15) is 12.1 Å². The first-order chi connectivity index (χ1) is 8.93. The van der Waals surface area contributed by atoms with Crippen LogP contribution in [-0.4, -0.2) is 26.3 Å². The molecule has 0 bridgehead atoms. The van der Waals surface area contributed by atoms with Crippen molar-refractivity contribution in [1.82, 2.24) is 19.7 Å².